The Balaban J connectivity index is 2.61. The van der Waals surface area contributed by atoms with Crippen molar-refractivity contribution in [1.29, 1.82) is 0 Å². The Hall–Kier alpha value is -1.07. The van der Waals surface area contributed by atoms with Crippen LogP contribution in [0.1, 0.15) is 0 Å². The largest absolute Gasteiger partial charge is 0.481 e. The van der Waals surface area contributed by atoms with Crippen LogP contribution in [-0.4, -0.2) is 42.7 Å². The van der Waals surface area contributed by atoms with Crippen molar-refractivity contribution in [1.82, 2.24) is 9.97 Å². The van der Waals surface area contributed by atoms with Crippen LogP contribution in [0, 0.1) is 0 Å². The molecule has 0 aliphatic rings. The lowest BCUT2D eigenvalue weighted by molar-refractivity contribution is 0.191. The fraction of sp³-hybridized carbons (Fsp3) is 0.556. The maximum Gasteiger partial charge on any atom is 0.218 e. The molecule has 84 valence electrons. The van der Waals surface area contributed by atoms with E-state index in [2.05, 4.69) is 15.3 Å². The number of hydrogen-bond donors (Lipinski definition) is 1. The van der Waals surface area contributed by atoms with Gasteiger partial charge in [-0.05, 0) is 0 Å². The third kappa shape index (κ3) is 3.89. The van der Waals surface area contributed by atoms with E-state index in [-0.39, 0.29) is 6.04 Å². The fourth-order valence-corrected chi connectivity index (χ4v) is 1.23. The van der Waals surface area contributed by atoms with E-state index in [1.54, 1.807) is 20.3 Å². The van der Waals surface area contributed by atoms with E-state index in [4.69, 9.17) is 21.1 Å². The normalized spacial score (nSPS) is 12.2. The van der Waals surface area contributed by atoms with Gasteiger partial charge in [-0.1, -0.05) is 0 Å². The number of hydrogen-bond acceptors (Lipinski definition) is 5. The van der Waals surface area contributed by atoms with E-state index in [1.165, 1.54) is 6.33 Å². The number of halogens is 1. The summed E-state index contributed by atoms with van der Waals surface area (Å²) in [4.78, 5) is 7.94. The first-order valence-corrected chi connectivity index (χ1v) is 5.01. The van der Waals surface area contributed by atoms with Crippen molar-refractivity contribution in [3.8, 4) is 5.88 Å². The van der Waals surface area contributed by atoms with Crippen LogP contribution in [-0.2, 0) is 4.74 Å². The lowest BCUT2D eigenvalue weighted by Gasteiger charge is -2.15. The van der Waals surface area contributed by atoms with Crippen molar-refractivity contribution in [2.45, 2.75) is 6.04 Å². The van der Waals surface area contributed by atoms with Crippen LogP contribution in [0.25, 0.3) is 0 Å². The van der Waals surface area contributed by atoms with Gasteiger partial charge < -0.3 is 14.8 Å². The van der Waals surface area contributed by atoms with Gasteiger partial charge in [0.15, 0.2) is 0 Å². The Morgan fingerprint density at radius 1 is 1.47 bits per heavy atom. The van der Waals surface area contributed by atoms with Crippen LogP contribution < -0.4 is 10.1 Å². The highest BCUT2D eigenvalue weighted by Crippen LogP contribution is 2.11. The van der Waals surface area contributed by atoms with E-state index in [9.17, 15) is 0 Å². The first-order valence-electron chi connectivity index (χ1n) is 4.47. The lowest BCUT2D eigenvalue weighted by atomic mass is 10.3. The molecule has 0 spiro atoms. The summed E-state index contributed by atoms with van der Waals surface area (Å²) in [5, 5.41) is 3.12. The monoisotopic (exact) mass is 231 g/mol. The predicted molar refractivity (Wildman–Crippen MR) is 58.6 cm³/mol. The molecule has 1 rings (SSSR count). The highest BCUT2D eigenvalue weighted by atomic mass is 35.5. The topological polar surface area (TPSA) is 56.3 Å². The van der Waals surface area contributed by atoms with Crippen molar-refractivity contribution in [2.24, 2.45) is 0 Å². The minimum atomic E-state index is 0.0243. The molecule has 1 N–H and O–H groups in total. The first kappa shape index (κ1) is 12.0. The number of ether oxygens (including phenoxy) is 2. The summed E-state index contributed by atoms with van der Waals surface area (Å²) in [6.07, 6.45) is 1.43. The molecule has 1 unspecified atom stereocenters. The second-order valence-corrected chi connectivity index (χ2v) is 3.21. The van der Waals surface area contributed by atoms with E-state index in [0.29, 0.717) is 24.2 Å². The number of aromatic nitrogens is 2. The Labute approximate surface area is 93.8 Å². The summed E-state index contributed by atoms with van der Waals surface area (Å²) in [5.41, 5.74) is 0. The van der Waals surface area contributed by atoms with Crippen molar-refractivity contribution in [3.63, 3.8) is 0 Å². The molecule has 0 saturated heterocycles. The number of alkyl halides is 1. The lowest BCUT2D eigenvalue weighted by Crippen LogP contribution is -2.27. The smallest absolute Gasteiger partial charge is 0.218 e. The van der Waals surface area contributed by atoms with E-state index < -0.39 is 0 Å². The van der Waals surface area contributed by atoms with Crippen molar-refractivity contribution >= 4 is 17.4 Å². The van der Waals surface area contributed by atoms with Crippen LogP contribution in [0.4, 0.5) is 5.82 Å². The summed E-state index contributed by atoms with van der Waals surface area (Å²) in [5.74, 6) is 1.63. The van der Waals surface area contributed by atoms with E-state index >= 15 is 0 Å². The molecular weight excluding hydrogens is 218 g/mol. The van der Waals surface area contributed by atoms with Gasteiger partial charge in [-0.3, -0.25) is 0 Å². The minimum Gasteiger partial charge on any atom is -0.481 e. The molecule has 1 atom stereocenters. The Morgan fingerprint density at radius 3 is 2.87 bits per heavy atom. The van der Waals surface area contributed by atoms with Crippen LogP contribution in [0.5, 0.6) is 5.88 Å². The molecule has 1 aromatic rings. The van der Waals surface area contributed by atoms with Crippen LogP contribution >= 0.6 is 11.6 Å². The quantitative estimate of drug-likeness (QED) is 0.745. The van der Waals surface area contributed by atoms with Gasteiger partial charge in [0.05, 0.1) is 19.8 Å². The van der Waals surface area contributed by atoms with Crippen molar-refractivity contribution < 1.29 is 9.47 Å². The summed E-state index contributed by atoms with van der Waals surface area (Å²) >= 11 is 5.75. The molecular formula is C9H14ClN3O2. The summed E-state index contributed by atoms with van der Waals surface area (Å²) in [6.45, 7) is 0.524. The number of anilines is 1. The summed E-state index contributed by atoms with van der Waals surface area (Å²) < 4.78 is 9.98. The average molecular weight is 232 g/mol. The molecule has 0 radical (unpaired) electrons. The molecule has 0 saturated carbocycles. The van der Waals surface area contributed by atoms with Gasteiger partial charge in [-0.2, -0.15) is 0 Å². The highest BCUT2D eigenvalue weighted by Gasteiger charge is 2.07. The zero-order valence-corrected chi connectivity index (χ0v) is 9.49. The predicted octanol–water partition coefficient (Wildman–Crippen LogP) is 1.15. The van der Waals surface area contributed by atoms with Gasteiger partial charge in [0.1, 0.15) is 12.1 Å². The van der Waals surface area contributed by atoms with Gasteiger partial charge in [-0.15, -0.1) is 11.6 Å². The maximum absolute atomic E-state index is 5.75. The number of rotatable bonds is 6. The SMILES string of the molecule is COCC(CCl)Nc1cc(OC)ncn1. The molecule has 0 aliphatic heterocycles. The third-order valence-corrected chi connectivity index (χ3v) is 2.13. The van der Waals surface area contributed by atoms with E-state index in [0.717, 1.165) is 0 Å². The van der Waals surface area contributed by atoms with Crippen molar-refractivity contribution in [3.05, 3.63) is 12.4 Å². The number of methoxy groups -OCH3 is 2. The van der Waals surface area contributed by atoms with Crippen LogP contribution in [0.3, 0.4) is 0 Å². The second kappa shape index (κ2) is 6.42. The molecule has 0 fully saturated rings. The van der Waals surface area contributed by atoms with Gasteiger partial charge in [0.25, 0.3) is 0 Å². The summed E-state index contributed by atoms with van der Waals surface area (Å²) in [7, 11) is 3.18. The second-order valence-electron chi connectivity index (χ2n) is 2.90. The van der Waals surface area contributed by atoms with Crippen molar-refractivity contribution in [2.75, 3.05) is 32.0 Å². The third-order valence-electron chi connectivity index (χ3n) is 1.76. The minimum absolute atomic E-state index is 0.0243. The zero-order chi connectivity index (χ0) is 11.1. The van der Waals surface area contributed by atoms with Gasteiger partial charge in [-0.25, -0.2) is 9.97 Å². The Morgan fingerprint density at radius 2 is 2.27 bits per heavy atom. The molecule has 0 amide bonds. The van der Waals surface area contributed by atoms with Gasteiger partial charge >= 0.3 is 0 Å². The standard InChI is InChI=1S/C9H14ClN3O2/c1-14-5-7(4-10)13-8-3-9(15-2)12-6-11-8/h3,6-7H,4-5H2,1-2H3,(H,11,12,13). The molecule has 5 nitrogen and oxygen atoms in total. The maximum atomic E-state index is 5.75. The molecule has 1 aromatic heterocycles. The molecule has 15 heavy (non-hydrogen) atoms. The Kier molecular flexibility index (Phi) is 5.14. The molecule has 6 heteroatoms. The first-order chi connectivity index (χ1) is 7.30. The van der Waals surface area contributed by atoms with Gasteiger partial charge in [0, 0.05) is 19.1 Å². The number of nitrogens with one attached hydrogen (secondary N) is 1. The molecule has 0 aliphatic carbocycles. The van der Waals surface area contributed by atoms with E-state index in [1.807, 2.05) is 0 Å². The van der Waals surface area contributed by atoms with Crippen LogP contribution in [0.2, 0.25) is 0 Å². The average Bonchev–Trinajstić information content (AvgIpc) is 2.29. The number of nitrogens with zero attached hydrogens (tertiary/aromatic N) is 2. The molecule has 0 bridgehead atoms. The van der Waals surface area contributed by atoms with Crippen LogP contribution in [0.15, 0.2) is 12.4 Å². The molecule has 1 heterocycles. The molecule has 0 aromatic carbocycles. The highest BCUT2D eigenvalue weighted by molar-refractivity contribution is 6.18. The zero-order valence-electron chi connectivity index (χ0n) is 8.74. The Bertz CT molecular complexity index is 298. The van der Waals surface area contributed by atoms with Gasteiger partial charge in [0.2, 0.25) is 5.88 Å². The summed E-state index contributed by atoms with van der Waals surface area (Å²) in [6, 6.07) is 1.73. The fourth-order valence-electron chi connectivity index (χ4n) is 1.07.